The summed E-state index contributed by atoms with van der Waals surface area (Å²) >= 11 is 0. The first-order chi connectivity index (χ1) is 13.5. The molecule has 0 radical (unpaired) electrons. The second kappa shape index (κ2) is 6.95. The number of carbonyl (C=O) groups excluding carboxylic acids is 1. The molecule has 1 aromatic carbocycles. The highest BCUT2D eigenvalue weighted by Crippen LogP contribution is 2.38. The zero-order valence-electron chi connectivity index (χ0n) is 14.5. The van der Waals surface area contributed by atoms with E-state index in [0.29, 0.717) is 29.2 Å². The number of hydrogen-bond donors (Lipinski definition) is 1. The van der Waals surface area contributed by atoms with Crippen LogP contribution in [0.2, 0.25) is 0 Å². The number of aldehydes is 1. The van der Waals surface area contributed by atoms with Crippen molar-refractivity contribution in [2.24, 2.45) is 0 Å². The Morgan fingerprint density at radius 2 is 1.93 bits per heavy atom. The number of hydrogen-bond acceptors (Lipinski definition) is 5. The summed E-state index contributed by atoms with van der Waals surface area (Å²) in [6, 6.07) is 12.3. The van der Waals surface area contributed by atoms with E-state index in [0.717, 1.165) is 24.1 Å². The molecule has 1 atom stereocenters. The van der Waals surface area contributed by atoms with Crippen LogP contribution in [0, 0.1) is 0 Å². The molecule has 28 heavy (non-hydrogen) atoms. The molecule has 1 unspecified atom stereocenters. The summed E-state index contributed by atoms with van der Waals surface area (Å²) in [5, 5.41) is 3.01. The lowest BCUT2D eigenvalue weighted by Gasteiger charge is -2.22. The van der Waals surface area contributed by atoms with Gasteiger partial charge in [0.05, 0.1) is 23.5 Å². The summed E-state index contributed by atoms with van der Waals surface area (Å²) in [7, 11) is 0. The maximum Gasteiger partial charge on any atom is 0.416 e. The Kier molecular flexibility index (Phi) is 4.46. The van der Waals surface area contributed by atoms with Gasteiger partial charge in [-0.3, -0.25) is 9.78 Å². The number of alkyl halides is 3. The Morgan fingerprint density at radius 1 is 1.07 bits per heavy atom. The molecule has 0 aliphatic carbocycles. The maximum atomic E-state index is 13.0. The highest BCUT2D eigenvalue weighted by molar-refractivity contribution is 5.85. The Bertz CT molecular complexity index is 1010. The molecule has 0 amide bonds. The van der Waals surface area contributed by atoms with Crippen LogP contribution in [0.15, 0.2) is 60.9 Å². The molecule has 5 nitrogen and oxygen atoms in total. The predicted octanol–water partition coefficient (Wildman–Crippen LogP) is 4.12. The van der Waals surface area contributed by atoms with Crippen LogP contribution in [0.5, 0.6) is 0 Å². The molecule has 0 saturated heterocycles. The second-order valence-corrected chi connectivity index (χ2v) is 6.34. The third kappa shape index (κ3) is 3.40. The monoisotopic (exact) mass is 384 g/mol. The largest absolute Gasteiger partial charge is 0.416 e. The van der Waals surface area contributed by atoms with Gasteiger partial charge in [-0.1, -0.05) is 18.2 Å². The third-order valence-electron chi connectivity index (χ3n) is 4.51. The number of carbonyl (C=O) groups is 1. The number of pyridine rings is 2. The topological polar surface area (TPSA) is 58.1 Å². The van der Waals surface area contributed by atoms with E-state index < -0.39 is 17.9 Å². The van der Waals surface area contributed by atoms with Crippen molar-refractivity contribution in [1.29, 1.82) is 0 Å². The van der Waals surface area contributed by atoms with E-state index in [1.807, 2.05) is 12.1 Å². The number of anilines is 2. The van der Waals surface area contributed by atoms with Gasteiger partial charge in [0.15, 0.2) is 18.3 Å². The maximum absolute atomic E-state index is 13.0. The molecule has 0 bridgehead atoms. The molecular weight excluding hydrogens is 369 g/mol. The van der Waals surface area contributed by atoms with Crippen molar-refractivity contribution in [3.05, 3.63) is 72.2 Å². The molecule has 1 aliphatic heterocycles. The number of benzene rings is 1. The lowest BCUT2D eigenvalue weighted by atomic mass is 10.0. The fourth-order valence-corrected chi connectivity index (χ4v) is 3.14. The van der Waals surface area contributed by atoms with Crippen molar-refractivity contribution in [1.82, 2.24) is 9.97 Å². The first-order valence-corrected chi connectivity index (χ1v) is 8.52. The van der Waals surface area contributed by atoms with Crippen LogP contribution in [0.1, 0.15) is 11.3 Å². The third-order valence-corrected chi connectivity index (χ3v) is 4.51. The molecule has 1 N–H and O–H groups in total. The van der Waals surface area contributed by atoms with Gasteiger partial charge in [0.25, 0.3) is 0 Å². The van der Waals surface area contributed by atoms with Gasteiger partial charge < -0.3 is 10.2 Å². The quantitative estimate of drug-likeness (QED) is 0.686. The Balaban J connectivity index is 1.72. The molecule has 142 valence electrons. The fraction of sp³-hybridized carbons (Fsp3) is 0.150. The van der Waals surface area contributed by atoms with Crippen LogP contribution in [0.25, 0.3) is 11.1 Å². The molecule has 0 fully saturated rings. The number of aromatic nitrogens is 2. The molecular formula is C20H15F3N4O. The van der Waals surface area contributed by atoms with E-state index in [9.17, 15) is 18.0 Å². The van der Waals surface area contributed by atoms with Crippen LogP contribution in [0.3, 0.4) is 0 Å². The molecule has 2 aromatic heterocycles. The van der Waals surface area contributed by atoms with Gasteiger partial charge in [-0.25, -0.2) is 4.98 Å². The van der Waals surface area contributed by atoms with Crippen molar-refractivity contribution in [3.8, 4) is 11.1 Å². The van der Waals surface area contributed by atoms with Gasteiger partial charge in [0.1, 0.15) is 0 Å². The van der Waals surface area contributed by atoms with Crippen LogP contribution in [-0.4, -0.2) is 22.4 Å². The summed E-state index contributed by atoms with van der Waals surface area (Å²) < 4.78 is 39.1. The summed E-state index contributed by atoms with van der Waals surface area (Å²) in [5.74, 6) is 0.503. The van der Waals surface area contributed by atoms with Crippen molar-refractivity contribution in [2.45, 2.75) is 18.9 Å². The highest BCUT2D eigenvalue weighted by Gasteiger charge is 2.32. The van der Waals surface area contributed by atoms with Crippen molar-refractivity contribution < 1.29 is 18.0 Å². The first-order valence-electron chi connectivity index (χ1n) is 8.52. The van der Waals surface area contributed by atoms with Crippen molar-refractivity contribution in [3.63, 3.8) is 0 Å². The molecule has 8 heteroatoms. The lowest BCUT2D eigenvalue weighted by molar-refractivity contribution is -0.137. The first kappa shape index (κ1) is 18.0. The second-order valence-electron chi connectivity index (χ2n) is 6.34. The van der Waals surface area contributed by atoms with E-state index in [4.69, 9.17) is 0 Å². The fourth-order valence-electron chi connectivity index (χ4n) is 3.14. The van der Waals surface area contributed by atoms with Crippen LogP contribution in [0.4, 0.5) is 24.7 Å². The SMILES string of the molecule is O=CC1Nc2ncc(-c3cccc(C(F)(F)F)c3)cc2N1Cc1ccccn1. The minimum atomic E-state index is -4.42. The van der Waals surface area contributed by atoms with Crippen LogP contribution >= 0.6 is 0 Å². The predicted molar refractivity (Wildman–Crippen MR) is 98.6 cm³/mol. The van der Waals surface area contributed by atoms with E-state index >= 15 is 0 Å². The zero-order chi connectivity index (χ0) is 19.7. The Morgan fingerprint density at radius 3 is 2.64 bits per heavy atom. The number of rotatable bonds is 4. The van der Waals surface area contributed by atoms with E-state index in [-0.39, 0.29) is 0 Å². The van der Waals surface area contributed by atoms with Crippen LogP contribution < -0.4 is 10.2 Å². The highest BCUT2D eigenvalue weighted by atomic mass is 19.4. The average Bonchev–Trinajstić information content (AvgIpc) is 3.05. The van der Waals surface area contributed by atoms with Gasteiger partial charge in [-0.05, 0) is 35.9 Å². The molecule has 3 aromatic rings. The standard InChI is InChI=1S/C20H15F3N4O/c21-20(22,23)15-5-3-4-13(8-15)14-9-17-19(25-10-14)26-18(12-28)27(17)11-16-6-1-2-7-24-16/h1-10,12,18H,11H2,(H,25,26). The minimum Gasteiger partial charge on any atom is -0.342 e. The van der Waals surface area contributed by atoms with Crippen molar-refractivity contribution >= 4 is 17.8 Å². The number of fused-ring (bicyclic) bond motifs is 1. The van der Waals surface area contributed by atoms with Crippen molar-refractivity contribution in [2.75, 3.05) is 10.2 Å². The summed E-state index contributed by atoms with van der Waals surface area (Å²) in [4.78, 5) is 21.9. The minimum absolute atomic E-state index is 0.359. The van der Waals surface area contributed by atoms with Gasteiger partial charge in [0, 0.05) is 18.0 Å². The zero-order valence-corrected chi connectivity index (χ0v) is 14.5. The number of nitrogens with zero attached hydrogens (tertiary/aromatic N) is 3. The van der Waals surface area contributed by atoms with Gasteiger partial charge in [0.2, 0.25) is 0 Å². The molecule has 0 spiro atoms. The normalized spacial score (nSPS) is 15.8. The Labute approximate surface area is 158 Å². The van der Waals surface area contributed by atoms with Gasteiger partial charge >= 0.3 is 6.18 Å². The molecule has 3 heterocycles. The average molecular weight is 384 g/mol. The van der Waals surface area contributed by atoms with E-state index in [1.54, 1.807) is 29.3 Å². The Hall–Kier alpha value is -3.42. The number of nitrogens with one attached hydrogen (secondary N) is 1. The molecule has 1 aliphatic rings. The van der Waals surface area contributed by atoms with Crippen LogP contribution in [-0.2, 0) is 17.5 Å². The molecule has 0 saturated carbocycles. The van der Waals surface area contributed by atoms with Gasteiger partial charge in [-0.15, -0.1) is 0 Å². The summed E-state index contributed by atoms with van der Waals surface area (Å²) in [6.07, 6.45) is -1.13. The smallest absolute Gasteiger partial charge is 0.342 e. The summed E-state index contributed by atoms with van der Waals surface area (Å²) in [5.41, 5.74) is 1.60. The summed E-state index contributed by atoms with van der Waals surface area (Å²) in [6.45, 7) is 0.359. The number of halogens is 3. The molecule has 4 rings (SSSR count). The lowest BCUT2D eigenvalue weighted by Crippen LogP contribution is -2.36. The van der Waals surface area contributed by atoms with Gasteiger partial charge in [-0.2, -0.15) is 13.2 Å². The van der Waals surface area contributed by atoms with E-state index in [1.165, 1.54) is 12.3 Å². The van der Waals surface area contributed by atoms with E-state index in [2.05, 4.69) is 15.3 Å².